The van der Waals surface area contributed by atoms with Crippen molar-refractivity contribution in [1.82, 2.24) is 5.32 Å². The van der Waals surface area contributed by atoms with Crippen molar-refractivity contribution in [2.24, 2.45) is 11.3 Å². The molecule has 0 aromatic heterocycles. The summed E-state index contributed by atoms with van der Waals surface area (Å²) in [7, 11) is 1.88. The Kier molecular flexibility index (Phi) is 3.95. The molecule has 1 aromatic carbocycles. The Bertz CT molecular complexity index is 444. The molecule has 0 spiro atoms. The Hall–Kier alpha value is -1.35. The van der Waals surface area contributed by atoms with Gasteiger partial charge in [0.25, 0.3) is 0 Å². The molecular weight excluding hydrogens is 236 g/mol. The fraction of sp³-hybridized carbons (Fsp3) is 0.562. The maximum absolute atomic E-state index is 12.9. The van der Waals surface area contributed by atoms with Gasteiger partial charge in [-0.25, -0.2) is 0 Å². The van der Waals surface area contributed by atoms with E-state index in [2.05, 4.69) is 26.1 Å². The third-order valence-electron chi connectivity index (χ3n) is 4.45. The van der Waals surface area contributed by atoms with Crippen molar-refractivity contribution in [3.63, 3.8) is 0 Å². The lowest BCUT2D eigenvalue weighted by Gasteiger charge is -2.35. The average molecular weight is 260 g/mol. The van der Waals surface area contributed by atoms with Crippen molar-refractivity contribution >= 4 is 11.6 Å². The number of benzene rings is 1. The van der Waals surface area contributed by atoms with Crippen LogP contribution < -0.4 is 10.2 Å². The molecular formula is C16H24N2O. The molecule has 1 N–H and O–H groups in total. The van der Waals surface area contributed by atoms with Gasteiger partial charge in [-0.3, -0.25) is 4.79 Å². The second-order valence-corrected chi connectivity index (χ2v) is 5.94. The molecule has 1 atom stereocenters. The van der Waals surface area contributed by atoms with E-state index in [1.54, 1.807) is 0 Å². The molecule has 2 rings (SSSR count). The van der Waals surface area contributed by atoms with Crippen LogP contribution in [-0.2, 0) is 4.79 Å². The molecule has 1 unspecified atom stereocenters. The molecule has 3 heteroatoms. The number of hydrogen-bond donors (Lipinski definition) is 1. The van der Waals surface area contributed by atoms with Crippen molar-refractivity contribution in [2.75, 3.05) is 25.0 Å². The van der Waals surface area contributed by atoms with Crippen molar-refractivity contribution in [3.05, 3.63) is 29.8 Å². The molecule has 0 saturated carbocycles. The average Bonchev–Trinajstić information content (AvgIpc) is 2.88. The van der Waals surface area contributed by atoms with Crippen LogP contribution in [0.25, 0.3) is 0 Å². The van der Waals surface area contributed by atoms with E-state index in [0.717, 1.165) is 25.2 Å². The van der Waals surface area contributed by atoms with E-state index in [9.17, 15) is 4.79 Å². The highest BCUT2D eigenvalue weighted by Crippen LogP contribution is 2.37. The summed E-state index contributed by atoms with van der Waals surface area (Å²) in [6.45, 7) is 8.08. The van der Waals surface area contributed by atoms with Crippen LogP contribution in [0.4, 0.5) is 5.69 Å². The van der Waals surface area contributed by atoms with Gasteiger partial charge in [0.2, 0.25) is 5.91 Å². The smallest absolute Gasteiger partial charge is 0.234 e. The Morgan fingerprint density at radius 1 is 1.32 bits per heavy atom. The van der Waals surface area contributed by atoms with Gasteiger partial charge in [-0.15, -0.1) is 0 Å². The maximum atomic E-state index is 12.9. The zero-order chi connectivity index (χ0) is 14.0. The second-order valence-electron chi connectivity index (χ2n) is 5.94. The normalized spacial score (nSPS) is 22.8. The molecule has 19 heavy (non-hydrogen) atoms. The lowest BCUT2D eigenvalue weighted by molar-refractivity contribution is -0.129. The van der Waals surface area contributed by atoms with E-state index in [-0.39, 0.29) is 11.3 Å². The molecule has 1 heterocycles. The third-order valence-corrected chi connectivity index (χ3v) is 4.45. The predicted octanol–water partition coefficient (Wildman–Crippen LogP) is 2.59. The van der Waals surface area contributed by atoms with Crippen molar-refractivity contribution in [2.45, 2.75) is 27.2 Å². The summed E-state index contributed by atoms with van der Waals surface area (Å²) >= 11 is 0. The highest BCUT2D eigenvalue weighted by Gasteiger charge is 2.45. The molecule has 0 radical (unpaired) electrons. The summed E-state index contributed by atoms with van der Waals surface area (Å²) in [5.74, 6) is 0.583. The quantitative estimate of drug-likeness (QED) is 0.906. The molecule has 1 amide bonds. The molecule has 1 aromatic rings. The van der Waals surface area contributed by atoms with Crippen LogP contribution in [0.5, 0.6) is 0 Å². The van der Waals surface area contributed by atoms with E-state index in [1.807, 2.05) is 36.2 Å². The van der Waals surface area contributed by atoms with Gasteiger partial charge < -0.3 is 10.2 Å². The first-order valence-electron chi connectivity index (χ1n) is 7.03. The van der Waals surface area contributed by atoms with Crippen molar-refractivity contribution in [1.29, 1.82) is 0 Å². The topological polar surface area (TPSA) is 32.3 Å². The van der Waals surface area contributed by atoms with Gasteiger partial charge >= 0.3 is 0 Å². The van der Waals surface area contributed by atoms with Gasteiger partial charge in [-0.2, -0.15) is 0 Å². The van der Waals surface area contributed by atoms with Gasteiger partial charge in [0.15, 0.2) is 0 Å². The highest BCUT2D eigenvalue weighted by molar-refractivity contribution is 5.97. The minimum atomic E-state index is -0.250. The number of aryl methyl sites for hydroxylation is 1. The lowest BCUT2D eigenvalue weighted by atomic mass is 9.75. The second kappa shape index (κ2) is 5.33. The van der Waals surface area contributed by atoms with Crippen LogP contribution in [0.2, 0.25) is 0 Å². The number of amides is 1. The van der Waals surface area contributed by atoms with E-state index in [1.165, 1.54) is 5.56 Å². The van der Waals surface area contributed by atoms with Crippen LogP contribution in [0.15, 0.2) is 24.3 Å². The molecule has 0 bridgehead atoms. The third kappa shape index (κ3) is 2.52. The van der Waals surface area contributed by atoms with E-state index >= 15 is 0 Å². The molecule has 1 aliphatic heterocycles. The van der Waals surface area contributed by atoms with E-state index in [4.69, 9.17) is 0 Å². The summed E-state index contributed by atoms with van der Waals surface area (Å²) in [6.07, 6.45) is 0.930. The molecule has 104 valence electrons. The Balaban J connectivity index is 2.25. The predicted molar refractivity (Wildman–Crippen MR) is 79.3 cm³/mol. The van der Waals surface area contributed by atoms with Crippen molar-refractivity contribution < 1.29 is 4.79 Å². The fourth-order valence-electron chi connectivity index (χ4n) is 2.85. The van der Waals surface area contributed by atoms with Crippen LogP contribution in [0, 0.1) is 18.3 Å². The number of carbonyl (C=O) groups excluding carboxylic acids is 1. The summed E-state index contributed by atoms with van der Waals surface area (Å²) in [4.78, 5) is 14.7. The number of nitrogens with one attached hydrogen (secondary N) is 1. The molecule has 1 saturated heterocycles. The summed E-state index contributed by atoms with van der Waals surface area (Å²) < 4.78 is 0. The van der Waals surface area contributed by atoms with Crippen LogP contribution in [0.3, 0.4) is 0 Å². The minimum Gasteiger partial charge on any atom is -0.316 e. The number of anilines is 1. The lowest BCUT2D eigenvalue weighted by Crippen LogP contribution is -2.47. The number of hydrogen-bond acceptors (Lipinski definition) is 2. The first-order valence-corrected chi connectivity index (χ1v) is 7.03. The summed E-state index contributed by atoms with van der Waals surface area (Å²) in [6, 6.07) is 8.13. The van der Waals surface area contributed by atoms with E-state index in [0.29, 0.717) is 5.92 Å². The number of carbonyl (C=O) groups is 1. The first kappa shape index (κ1) is 14.1. The van der Waals surface area contributed by atoms with Gasteiger partial charge in [0.1, 0.15) is 0 Å². The van der Waals surface area contributed by atoms with Gasteiger partial charge in [0.05, 0.1) is 5.41 Å². The minimum absolute atomic E-state index is 0.233. The first-order chi connectivity index (χ1) is 8.97. The fourth-order valence-corrected chi connectivity index (χ4v) is 2.85. The van der Waals surface area contributed by atoms with Crippen molar-refractivity contribution in [3.8, 4) is 0 Å². The van der Waals surface area contributed by atoms with Gasteiger partial charge in [-0.05, 0) is 37.9 Å². The molecule has 1 aliphatic rings. The molecule has 1 fully saturated rings. The largest absolute Gasteiger partial charge is 0.316 e. The Morgan fingerprint density at radius 3 is 2.42 bits per heavy atom. The molecule has 0 aliphatic carbocycles. The van der Waals surface area contributed by atoms with Crippen LogP contribution in [0.1, 0.15) is 25.8 Å². The summed E-state index contributed by atoms with van der Waals surface area (Å²) in [5.41, 5.74) is 1.94. The van der Waals surface area contributed by atoms with Gasteiger partial charge in [-0.1, -0.05) is 31.5 Å². The standard InChI is InChI=1S/C16H24N2O/c1-12(2)16(9-10-17-11-16)15(19)18(4)14-7-5-13(3)6-8-14/h5-8,12,17H,9-11H2,1-4H3. The highest BCUT2D eigenvalue weighted by atomic mass is 16.2. The zero-order valence-electron chi connectivity index (χ0n) is 12.4. The maximum Gasteiger partial charge on any atom is 0.234 e. The summed E-state index contributed by atoms with van der Waals surface area (Å²) in [5, 5.41) is 3.34. The SMILES string of the molecule is Cc1ccc(N(C)C(=O)C2(C(C)C)CCNC2)cc1. The Morgan fingerprint density at radius 2 is 1.95 bits per heavy atom. The zero-order valence-corrected chi connectivity index (χ0v) is 12.4. The Labute approximate surface area is 116 Å². The van der Waals surface area contributed by atoms with E-state index < -0.39 is 0 Å². The van der Waals surface area contributed by atoms with Crippen LogP contribution in [-0.4, -0.2) is 26.0 Å². The molecule has 3 nitrogen and oxygen atoms in total. The number of nitrogens with zero attached hydrogens (tertiary/aromatic N) is 1. The van der Waals surface area contributed by atoms with Gasteiger partial charge in [0, 0.05) is 19.3 Å². The van der Waals surface area contributed by atoms with Crippen LogP contribution >= 0.6 is 0 Å². The number of rotatable bonds is 3. The monoisotopic (exact) mass is 260 g/mol.